The van der Waals surface area contributed by atoms with Gasteiger partial charge in [0.25, 0.3) is 0 Å². The molecular weight excluding hydrogens is 308 g/mol. The average molecular weight is 326 g/mol. The number of hydrogen-bond acceptors (Lipinski definition) is 2. The van der Waals surface area contributed by atoms with Crippen molar-refractivity contribution in [1.29, 1.82) is 0 Å². The Morgan fingerprint density at radius 2 is 1.60 bits per heavy atom. The normalized spacial score (nSPS) is 17.6. The topological polar surface area (TPSA) is 26.3 Å². The summed E-state index contributed by atoms with van der Waals surface area (Å²) in [6.45, 7) is 9.37. The van der Waals surface area contributed by atoms with Gasteiger partial charge in [0.15, 0.2) is 5.60 Å². The van der Waals surface area contributed by atoms with Gasteiger partial charge in [0.2, 0.25) is 0 Å². The van der Waals surface area contributed by atoms with Gasteiger partial charge in [0.05, 0.1) is 0 Å². The molecule has 1 aliphatic rings. The molecule has 0 aromatic heterocycles. The van der Waals surface area contributed by atoms with Crippen molar-refractivity contribution >= 4 is 16.7 Å². The fourth-order valence-corrected chi connectivity index (χ4v) is 3.56. The second-order valence-corrected chi connectivity index (χ2v) is 6.40. The predicted octanol–water partition coefficient (Wildman–Crippen LogP) is 5.37. The molecule has 0 N–H and O–H groups in total. The van der Waals surface area contributed by atoms with Gasteiger partial charge in [-0.1, -0.05) is 61.7 Å². The highest BCUT2D eigenvalue weighted by atomic mass is 16.6. The van der Waals surface area contributed by atoms with E-state index in [-0.39, 0.29) is 0 Å². The number of carbonyl (C=O) groups is 1. The van der Waals surface area contributed by atoms with E-state index in [1.807, 2.05) is 30.3 Å². The van der Waals surface area contributed by atoms with Gasteiger partial charge < -0.3 is 4.74 Å². The van der Waals surface area contributed by atoms with Crippen molar-refractivity contribution in [2.24, 2.45) is 0 Å². The van der Waals surface area contributed by atoms with Gasteiger partial charge in [-0.3, -0.25) is 0 Å². The highest BCUT2D eigenvalue weighted by Crippen LogP contribution is 2.51. The number of carbonyl (C=O) groups excluding carboxylic acids is 1. The molecule has 0 aliphatic heterocycles. The van der Waals surface area contributed by atoms with Crippen molar-refractivity contribution in [3.05, 3.63) is 96.6 Å². The lowest BCUT2D eigenvalue weighted by Crippen LogP contribution is -2.29. The highest BCUT2D eigenvalue weighted by Gasteiger charge is 2.44. The van der Waals surface area contributed by atoms with Crippen molar-refractivity contribution in [2.45, 2.75) is 12.5 Å². The third-order valence-corrected chi connectivity index (χ3v) is 4.79. The molecule has 4 rings (SSSR count). The van der Waals surface area contributed by atoms with E-state index in [2.05, 4.69) is 43.5 Å². The van der Waals surface area contributed by atoms with E-state index in [9.17, 15) is 4.79 Å². The summed E-state index contributed by atoms with van der Waals surface area (Å²) in [5, 5.41) is 2.26. The molecule has 0 saturated heterocycles. The fraction of sp³-hybridized carbons (Fsp3) is 0.0870. The Hall–Kier alpha value is -3.13. The molecule has 0 spiro atoms. The summed E-state index contributed by atoms with van der Waals surface area (Å²) in [7, 11) is 0. The van der Waals surface area contributed by atoms with E-state index in [0.29, 0.717) is 5.57 Å². The maximum atomic E-state index is 12.4. The Kier molecular flexibility index (Phi) is 3.36. The van der Waals surface area contributed by atoms with Crippen molar-refractivity contribution in [3.63, 3.8) is 0 Å². The van der Waals surface area contributed by atoms with Crippen molar-refractivity contribution < 1.29 is 9.53 Å². The molecule has 25 heavy (non-hydrogen) atoms. The molecule has 0 radical (unpaired) electrons. The first-order valence-electron chi connectivity index (χ1n) is 8.22. The van der Waals surface area contributed by atoms with Crippen LogP contribution in [0.2, 0.25) is 0 Å². The third kappa shape index (κ3) is 2.14. The van der Waals surface area contributed by atoms with E-state index in [1.54, 1.807) is 13.0 Å². The number of esters is 1. The van der Waals surface area contributed by atoms with Crippen molar-refractivity contribution in [1.82, 2.24) is 0 Å². The second kappa shape index (κ2) is 5.45. The van der Waals surface area contributed by atoms with Gasteiger partial charge in [0, 0.05) is 16.7 Å². The summed E-state index contributed by atoms with van der Waals surface area (Å²) < 4.78 is 5.95. The molecule has 1 aliphatic carbocycles. The van der Waals surface area contributed by atoms with Crippen LogP contribution in [0.15, 0.2) is 85.5 Å². The molecule has 3 aromatic carbocycles. The molecule has 3 aromatic rings. The van der Waals surface area contributed by atoms with E-state index >= 15 is 0 Å². The zero-order valence-electron chi connectivity index (χ0n) is 14.1. The zero-order valence-corrected chi connectivity index (χ0v) is 14.1. The van der Waals surface area contributed by atoms with E-state index < -0.39 is 11.6 Å². The average Bonchev–Trinajstić information content (AvgIpc) is 2.90. The summed E-state index contributed by atoms with van der Waals surface area (Å²) in [4.78, 5) is 12.4. The fourth-order valence-electron chi connectivity index (χ4n) is 3.56. The third-order valence-electron chi connectivity index (χ3n) is 4.79. The second-order valence-electron chi connectivity index (χ2n) is 6.40. The molecule has 0 bridgehead atoms. The van der Waals surface area contributed by atoms with Crippen LogP contribution >= 0.6 is 0 Å². The van der Waals surface area contributed by atoms with Crippen LogP contribution in [0.1, 0.15) is 18.1 Å². The smallest absolute Gasteiger partial charge is 0.334 e. The van der Waals surface area contributed by atoms with Gasteiger partial charge in [0.1, 0.15) is 0 Å². The number of benzene rings is 3. The molecule has 2 heteroatoms. The summed E-state index contributed by atoms with van der Waals surface area (Å²) in [5.74, 6) is -0.421. The minimum absolute atomic E-state index is 0.368. The Labute approximate surface area is 147 Å². The number of ether oxygens (including phenoxy) is 1. The van der Waals surface area contributed by atoms with Crippen molar-refractivity contribution in [3.8, 4) is 11.1 Å². The Morgan fingerprint density at radius 3 is 2.28 bits per heavy atom. The molecule has 0 fully saturated rings. The van der Waals surface area contributed by atoms with E-state index in [4.69, 9.17) is 4.74 Å². The molecule has 1 atom stereocenters. The summed E-state index contributed by atoms with van der Waals surface area (Å²) >= 11 is 0. The summed E-state index contributed by atoms with van der Waals surface area (Å²) in [5.41, 5.74) is 3.39. The minimum atomic E-state index is -0.994. The molecule has 122 valence electrons. The number of rotatable bonds is 3. The maximum absolute atomic E-state index is 12.4. The summed E-state index contributed by atoms with van der Waals surface area (Å²) in [6.07, 6.45) is 1.72. The molecular formula is C23H18O2. The van der Waals surface area contributed by atoms with Crippen LogP contribution in [0.5, 0.6) is 0 Å². The first-order chi connectivity index (χ1) is 12.1. The van der Waals surface area contributed by atoms with Crippen LogP contribution in [0.25, 0.3) is 21.9 Å². The van der Waals surface area contributed by atoms with Crippen LogP contribution in [0.3, 0.4) is 0 Å². The Balaban J connectivity index is 2.05. The number of hydrogen-bond donors (Lipinski definition) is 0. The van der Waals surface area contributed by atoms with Crippen LogP contribution in [0, 0.1) is 0 Å². The van der Waals surface area contributed by atoms with Gasteiger partial charge in [-0.2, -0.15) is 0 Å². The molecule has 0 saturated carbocycles. The summed E-state index contributed by atoms with van der Waals surface area (Å²) in [6, 6.07) is 20.4. The van der Waals surface area contributed by atoms with Gasteiger partial charge in [-0.25, -0.2) is 4.79 Å². The SMILES string of the molecule is C=CC1(OC(=O)C(=C)C)c2ccccc2-c2cc3ccccc3cc21. The maximum Gasteiger partial charge on any atom is 0.334 e. The van der Waals surface area contributed by atoms with Crippen LogP contribution in [-0.4, -0.2) is 5.97 Å². The van der Waals surface area contributed by atoms with Crippen LogP contribution in [0.4, 0.5) is 0 Å². The molecule has 0 heterocycles. The lowest BCUT2D eigenvalue weighted by molar-refractivity contribution is -0.147. The molecule has 0 amide bonds. The first kappa shape index (κ1) is 15.4. The quantitative estimate of drug-likeness (QED) is 0.367. The Morgan fingerprint density at radius 1 is 0.960 bits per heavy atom. The van der Waals surface area contributed by atoms with Gasteiger partial charge in [-0.05, 0) is 47.0 Å². The lowest BCUT2D eigenvalue weighted by atomic mass is 9.90. The van der Waals surface area contributed by atoms with E-state index in [0.717, 1.165) is 33.0 Å². The molecule has 1 unspecified atom stereocenters. The first-order valence-corrected chi connectivity index (χ1v) is 8.22. The molecule has 2 nitrogen and oxygen atoms in total. The van der Waals surface area contributed by atoms with E-state index in [1.165, 1.54) is 0 Å². The minimum Gasteiger partial charge on any atom is -0.441 e. The highest BCUT2D eigenvalue weighted by molar-refractivity contribution is 5.95. The largest absolute Gasteiger partial charge is 0.441 e. The Bertz CT molecular complexity index is 1040. The lowest BCUT2D eigenvalue weighted by Gasteiger charge is -2.28. The predicted molar refractivity (Wildman–Crippen MR) is 101 cm³/mol. The van der Waals surface area contributed by atoms with Gasteiger partial charge >= 0.3 is 5.97 Å². The van der Waals surface area contributed by atoms with Crippen molar-refractivity contribution in [2.75, 3.05) is 0 Å². The number of fused-ring (bicyclic) bond motifs is 4. The van der Waals surface area contributed by atoms with Crippen LogP contribution < -0.4 is 0 Å². The zero-order chi connectivity index (χ0) is 17.6. The monoisotopic (exact) mass is 326 g/mol. The standard InChI is InChI=1S/C23H18O2/c1-4-23(25-22(24)15(2)3)20-12-8-7-11-18(20)19-13-16-9-5-6-10-17(16)14-21(19)23/h4-14H,1-2H2,3H3. The van der Waals surface area contributed by atoms with Crippen LogP contribution in [-0.2, 0) is 15.1 Å². The van der Waals surface area contributed by atoms with Gasteiger partial charge in [-0.15, -0.1) is 0 Å².